The first kappa shape index (κ1) is 19.6. The van der Waals surface area contributed by atoms with Crippen molar-refractivity contribution in [2.45, 2.75) is 39.1 Å². The fourth-order valence-electron chi connectivity index (χ4n) is 2.62. The van der Waals surface area contributed by atoms with Crippen LogP contribution in [0.1, 0.15) is 25.2 Å². The maximum absolute atomic E-state index is 11.3. The highest BCUT2D eigenvalue weighted by Crippen LogP contribution is 2.18. The van der Waals surface area contributed by atoms with Gasteiger partial charge in [-0.15, -0.1) is 0 Å². The lowest BCUT2D eigenvalue weighted by molar-refractivity contribution is -0.153. The average molecular weight is 382 g/mol. The van der Waals surface area contributed by atoms with E-state index < -0.39 is 12.1 Å². The lowest BCUT2D eigenvalue weighted by Gasteiger charge is -2.16. The van der Waals surface area contributed by atoms with Crippen LogP contribution < -0.4 is 4.74 Å². The Kier molecular flexibility index (Phi) is 6.39. The van der Waals surface area contributed by atoms with Crippen molar-refractivity contribution < 1.29 is 23.9 Å². The topological polar surface area (TPSA) is 94.7 Å². The van der Waals surface area contributed by atoms with Crippen molar-refractivity contribution in [3.8, 4) is 17.2 Å². The Morgan fingerprint density at radius 1 is 1.11 bits per heavy atom. The van der Waals surface area contributed by atoms with E-state index in [0.717, 1.165) is 11.1 Å². The summed E-state index contributed by atoms with van der Waals surface area (Å²) in [4.78, 5) is 15.6. The molecule has 0 aliphatic rings. The normalized spacial score (nSPS) is 12.1. The Morgan fingerprint density at radius 3 is 2.46 bits per heavy atom. The summed E-state index contributed by atoms with van der Waals surface area (Å²) in [6.45, 7) is 3.80. The van der Waals surface area contributed by atoms with Crippen molar-refractivity contribution in [3.05, 3.63) is 66.0 Å². The molecule has 0 saturated heterocycles. The molecule has 1 atom stereocenters. The molecular formula is C21H22N2O5. The second-order valence-corrected chi connectivity index (χ2v) is 6.53. The van der Waals surface area contributed by atoms with Crippen LogP contribution in [0.4, 0.5) is 0 Å². The van der Waals surface area contributed by atoms with Gasteiger partial charge in [0, 0.05) is 12.0 Å². The van der Waals surface area contributed by atoms with Crippen LogP contribution in [0, 0.1) is 0 Å². The number of ether oxygens (including phenoxy) is 2. The predicted octanol–water partition coefficient (Wildman–Crippen LogP) is 3.74. The summed E-state index contributed by atoms with van der Waals surface area (Å²) >= 11 is 0. The Labute approximate surface area is 162 Å². The Morgan fingerprint density at radius 2 is 1.82 bits per heavy atom. The smallest absolute Gasteiger partial charge is 0.333 e. The third-order valence-electron chi connectivity index (χ3n) is 3.91. The van der Waals surface area contributed by atoms with Gasteiger partial charge in [-0.2, -0.15) is 4.98 Å². The third-order valence-corrected chi connectivity index (χ3v) is 3.91. The largest absolute Gasteiger partial charge is 0.485 e. The standard InChI is InChI=1S/C21H22N2O5/c1-14(2)27-18(21(24)25)12-15-8-10-17(11-9-15)26-13-19-22-20(28-23-19)16-6-4-3-5-7-16/h3-11,14,18H,12-13H2,1-2H3,(H,24,25). The number of carbonyl (C=O) groups is 1. The van der Waals surface area contributed by atoms with Gasteiger partial charge in [-0.1, -0.05) is 35.5 Å². The summed E-state index contributed by atoms with van der Waals surface area (Å²) in [5.74, 6) is 0.547. The molecule has 0 bridgehead atoms. The molecule has 0 aliphatic heterocycles. The van der Waals surface area contributed by atoms with Crippen molar-refractivity contribution in [2.24, 2.45) is 0 Å². The molecule has 1 aromatic heterocycles. The van der Waals surface area contributed by atoms with E-state index in [0.29, 0.717) is 23.9 Å². The molecule has 1 unspecified atom stereocenters. The van der Waals surface area contributed by atoms with Crippen LogP contribution in [0.3, 0.4) is 0 Å². The summed E-state index contributed by atoms with van der Waals surface area (Å²) in [6, 6.07) is 16.7. The van der Waals surface area contributed by atoms with Gasteiger partial charge in [-0.3, -0.25) is 0 Å². The molecule has 0 saturated carbocycles. The molecule has 2 aromatic carbocycles. The minimum atomic E-state index is -0.972. The molecule has 28 heavy (non-hydrogen) atoms. The van der Waals surface area contributed by atoms with E-state index >= 15 is 0 Å². The van der Waals surface area contributed by atoms with Gasteiger partial charge in [0.1, 0.15) is 5.75 Å². The van der Waals surface area contributed by atoms with Crippen LogP contribution in [0.25, 0.3) is 11.5 Å². The van der Waals surface area contributed by atoms with Crippen LogP contribution >= 0.6 is 0 Å². The zero-order valence-electron chi connectivity index (χ0n) is 15.7. The summed E-state index contributed by atoms with van der Waals surface area (Å²) in [5.41, 5.74) is 1.70. The van der Waals surface area contributed by atoms with Crippen LogP contribution in [-0.4, -0.2) is 33.4 Å². The number of carboxylic acid groups (broad SMARTS) is 1. The van der Waals surface area contributed by atoms with Crippen LogP contribution in [0.2, 0.25) is 0 Å². The van der Waals surface area contributed by atoms with Gasteiger partial charge in [-0.05, 0) is 43.7 Å². The highest BCUT2D eigenvalue weighted by Gasteiger charge is 2.20. The molecular weight excluding hydrogens is 360 g/mol. The summed E-state index contributed by atoms with van der Waals surface area (Å²) in [5, 5.41) is 13.2. The number of rotatable bonds is 9. The van der Waals surface area contributed by atoms with E-state index in [1.165, 1.54) is 0 Å². The molecule has 0 aliphatic carbocycles. The molecule has 1 heterocycles. The van der Waals surface area contributed by atoms with Gasteiger partial charge in [0.25, 0.3) is 5.89 Å². The maximum Gasteiger partial charge on any atom is 0.333 e. The SMILES string of the molecule is CC(C)OC(Cc1ccc(OCc2noc(-c3ccccc3)n2)cc1)C(=O)O. The first-order valence-electron chi connectivity index (χ1n) is 8.99. The maximum atomic E-state index is 11.3. The monoisotopic (exact) mass is 382 g/mol. The van der Waals surface area contributed by atoms with Gasteiger partial charge in [0.2, 0.25) is 5.82 Å². The molecule has 0 fully saturated rings. The van der Waals surface area contributed by atoms with Crippen molar-refractivity contribution in [3.63, 3.8) is 0 Å². The van der Waals surface area contributed by atoms with Gasteiger partial charge < -0.3 is 19.1 Å². The molecule has 0 spiro atoms. The minimum Gasteiger partial charge on any atom is -0.485 e. The molecule has 3 rings (SSSR count). The first-order chi connectivity index (χ1) is 13.5. The summed E-state index contributed by atoms with van der Waals surface area (Å²) < 4.78 is 16.4. The minimum absolute atomic E-state index is 0.153. The van der Waals surface area contributed by atoms with Crippen LogP contribution in [-0.2, 0) is 22.6 Å². The molecule has 0 radical (unpaired) electrons. The zero-order chi connectivity index (χ0) is 19.9. The number of carboxylic acids is 1. The van der Waals surface area contributed by atoms with E-state index in [9.17, 15) is 9.90 Å². The Bertz CT molecular complexity index is 891. The lowest BCUT2D eigenvalue weighted by atomic mass is 10.1. The van der Waals surface area contributed by atoms with E-state index in [1.54, 1.807) is 12.1 Å². The number of hydrogen-bond donors (Lipinski definition) is 1. The van der Waals surface area contributed by atoms with Gasteiger partial charge in [0.05, 0.1) is 6.10 Å². The van der Waals surface area contributed by atoms with E-state index in [4.69, 9.17) is 14.0 Å². The molecule has 0 amide bonds. The number of aromatic nitrogens is 2. The van der Waals surface area contributed by atoms with Crippen molar-refractivity contribution >= 4 is 5.97 Å². The number of benzene rings is 2. The van der Waals surface area contributed by atoms with Crippen molar-refractivity contribution in [1.82, 2.24) is 10.1 Å². The second kappa shape index (κ2) is 9.14. The molecule has 7 nitrogen and oxygen atoms in total. The molecule has 3 aromatic rings. The molecule has 146 valence electrons. The molecule has 1 N–H and O–H groups in total. The Hall–Kier alpha value is -3.19. The average Bonchev–Trinajstić information content (AvgIpc) is 3.16. The van der Waals surface area contributed by atoms with Gasteiger partial charge >= 0.3 is 5.97 Å². The Balaban J connectivity index is 1.56. The summed E-state index contributed by atoms with van der Waals surface area (Å²) in [7, 11) is 0. The first-order valence-corrected chi connectivity index (χ1v) is 8.99. The highest BCUT2D eigenvalue weighted by atomic mass is 16.5. The fourth-order valence-corrected chi connectivity index (χ4v) is 2.62. The van der Waals surface area contributed by atoms with Gasteiger partial charge in [0.15, 0.2) is 12.7 Å². The lowest BCUT2D eigenvalue weighted by Crippen LogP contribution is -2.29. The number of aliphatic carboxylic acids is 1. The summed E-state index contributed by atoms with van der Waals surface area (Å²) in [6.07, 6.45) is -0.735. The second-order valence-electron chi connectivity index (χ2n) is 6.53. The van der Waals surface area contributed by atoms with E-state index in [-0.39, 0.29) is 12.7 Å². The molecule has 7 heteroatoms. The van der Waals surface area contributed by atoms with Crippen LogP contribution in [0.15, 0.2) is 59.1 Å². The predicted molar refractivity (Wildman–Crippen MR) is 102 cm³/mol. The van der Waals surface area contributed by atoms with Crippen molar-refractivity contribution in [1.29, 1.82) is 0 Å². The van der Waals surface area contributed by atoms with Crippen LogP contribution in [0.5, 0.6) is 5.75 Å². The number of hydrogen-bond acceptors (Lipinski definition) is 6. The number of nitrogens with zero attached hydrogens (tertiary/aromatic N) is 2. The van der Waals surface area contributed by atoms with Crippen molar-refractivity contribution in [2.75, 3.05) is 0 Å². The van der Waals surface area contributed by atoms with E-state index in [2.05, 4.69) is 10.1 Å². The highest BCUT2D eigenvalue weighted by molar-refractivity contribution is 5.72. The quantitative estimate of drug-likeness (QED) is 0.602. The zero-order valence-corrected chi connectivity index (χ0v) is 15.7. The van der Waals surface area contributed by atoms with Gasteiger partial charge in [-0.25, -0.2) is 4.79 Å². The fraction of sp³-hybridized carbons (Fsp3) is 0.286. The third kappa shape index (κ3) is 5.40. The van der Waals surface area contributed by atoms with E-state index in [1.807, 2.05) is 56.3 Å².